The minimum atomic E-state index is -3.24. The van der Waals surface area contributed by atoms with Gasteiger partial charge in [0, 0.05) is 32.7 Å². The Morgan fingerprint density at radius 1 is 1.40 bits per heavy atom. The summed E-state index contributed by atoms with van der Waals surface area (Å²) in [5.74, 6) is 0.584. The summed E-state index contributed by atoms with van der Waals surface area (Å²) < 4.78 is 27.1. The highest BCUT2D eigenvalue weighted by molar-refractivity contribution is 7.86. The third kappa shape index (κ3) is 2.50. The maximum atomic E-state index is 12.0. The molecule has 1 atom stereocenters. The van der Waals surface area contributed by atoms with Gasteiger partial charge in [-0.15, -0.1) is 0 Å². The first-order chi connectivity index (χ1) is 7.00. The fourth-order valence-electron chi connectivity index (χ4n) is 1.92. The molecule has 5 nitrogen and oxygen atoms in total. The maximum absolute atomic E-state index is 12.0. The summed E-state index contributed by atoms with van der Waals surface area (Å²) in [6.45, 7) is 1.70. The fraction of sp³-hybridized carbons (Fsp3) is 1.00. The number of nitrogens with zero attached hydrogens (tertiary/aromatic N) is 2. The molecule has 2 fully saturated rings. The Balaban J connectivity index is 1.98. The van der Waals surface area contributed by atoms with Crippen LogP contribution in [-0.4, -0.2) is 49.8 Å². The van der Waals surface area contributed by atoms with Gasteiger partial charge in [-0.2, -0.15) is 17.0 Å². The second-order valence-corrected chi connectivity index (χ2v) is 6.67. The molecule has 1 saturated carbocycles. The highest BCUT2D eigenvalue weighted by atomic mass is 32.2. The maximum Gasteiger partial charge on any atom is 0.281 e. The third-order valence-corrected chi connectivity index (χ3v) is 5.04. The molecule has 0 spiro atoms. The van der Waals surface area contributed by atoms with Crippen LogP contribution < -0.4 is 5.73 Å². The molecule has 2 aliphatic rings. The molecule has 1 aliphatic carbocycles. The summed E-state index contributed by atoms with van der Waals surface area (Å²) in [7, 11) is -1.58. The Labute approximate surface area is 91.4 Å². The van der Waals surface area contributed by atoms with Crippen molar-refractivity contribution in [2.45, 2.75) is 25.3 Å². The van der Waals surface area contributed by atoms with Crippen LogP contribution in [0.3, 0.4) is 0 Å². The topological polar surface area (TPSA) is 66.6 Å². The first-order valence-electron chi connectivity index (χ1n) is 5.47. The Bertz CT molecular complexity index is 326. The number of hydrogen-bond acceptors (Lipinski definition) is 3. The van der Waals surface area contributed by atoms with Gasteiger partial charge in [0.05, 0.1) is 0 Å². The van der Waals surface area contributed by atoms with Crippen LogP contribution in [-0.2, 0) is 10.2 Å². The second kappa shape index (κ2) is 4.01. The monoisotopic (exact) mass is 233 g/mol. The van der Waals surface area contributed by atoms with Gasteiger partial charge < -0.3 is 5.73 Å². The Hall–Kier alpha value is -0.170. The first kappa shape index (κ1) is 11.3. The van der Waals surface area contributed by atoms with E-state index in [1.165, 1.54) is 21.5 Å². The molecule has 1 saturated heterocycles. The molecule has 0 aromatic heterocycles. The lowest BCUT2D eigenvalue weighted by Crippen LogP contribution is -2.42. The van der Waals surface area contributed by atoms with Crippen molar-refractivity contribution in [2.75, 3.05) is 26.7 Å². The van der Waals surface area contributed by atoms with E-state index < -0.39 is 10.2 Å². The van der Waals surface area contributed by atoms with Crippen LogP contribution in [0.25, 0.3) is 0 Å². The van der Waals surface area contributed by atoms with Gasteiger partial charge in [0.1, 0.15) is 0 Å². The van der Waals surface area contributed by atoms with Gasteiger partial charge in [0.2, 0.25) is 0 Å². The van der Waals surface area contributed by atoms with Gasteiger partial charge >= 0.3 is 0 Å². The van der Waals surface area contributed by atoms with Crippen LogP contribution in [0.4, 0.5) is 0 Å². The predicted molar refractivity (Wildman–Crippen MR) is 58.4 cm³/mol. The van der Waals surface area contributed by atoms with Crippen LogP contribution in [0, 0.1) is 5.92 Å². The summed E-state index contributed by atoms with van der Waals surface area (Å²) in [6.07, 6.45) is 3.11. The van der Waals surface area contributed by atoms with E-state index in [4.69, 9.17) is 5.73 Å². The fourth-order valence-corrected chi connectivity index (χ4v) is 3.43. The highest BCUT2D eigenvalue weighted by Gasteiger charge is 2.35. The van der Waals surface area contributed by atoms with Crippen molar-refractivity contribution >= 4 is 10.2 Å². The average molecular weight is 233 g/mol. The van der Waals surface area contributed by atoms with Crippen molar-refractivity contribution in [1.82, 2.24) is 8.61 Å². The van der Waals surface area contributed by atoms with Crippen molar-refractivity contribution in [3.8, 4) is 0 Å². The largest absolute Gasteiger partial charge is 0.326 e. The van der Waals surface area contributed by atoms with Gasteiger partial charge in [-0.25, -0.2) is 0 Å². The molecular weight excluding hydrogens is 214 g/mol. The summed E-state index contributed by atoms with van der Waals surface area (Å²) in [6, 6.07) is 0.00843. The number of rotatable bonds is 4. The smallest absolute Gasteiger partial charge is 0.281 e. The third-order valence-electron chi connectivity index (χ3n) is 3.12. The Morgan fingerprint density at radius 3 is 2.53 bits per heavy atom. The van der Waals surface area contributed by atoms with Gasteiger partial charge in [-0.3, -0.25) is 0 Å². The normalized spacial score (nSPS) is 28.9. The molecule has 88 valence electrons. The van der Waals surface area contributed by atoms with E-state index in [1.807, 2.05) is 0 Å². The molecule has 2 N–H and O–H groups in total. The minimum absolute atomic E-state index is 0.00843. The van der Waals surface area contributed by atoms with Gasteiger partial charge in [-0.1, -0.05) is 0 Å². The molecule has 2 rings (SSSR count). The molecule has 0 aromatic rings. The van der Waals surface area contributed by atoms with Gasteiger partial charge in [0.25, 0.3) is 10.2 Å². The summed E-state index contributed by atoms with van der Waals surface area (Å²) >= 11 is 0. The first-order valence-corrected chi connectivity index (χ1v) is 6.87. The molecule has 6 heteroatoms. The SMILES string of the molecule is CN(CC1CC1)S(=O)(=O)N1CCC(N)C1. The molecule has 15 heavy (non-hydrogen) atoms. The lowest BCUT2D eigenvalue weighted by Gasteiger charge is -2.23. The molecule has 0 bridgehead atoms. The Kier molecular flexibility index (Phi) is 3.03. The van der Waals surface area contributed by atoms with E-state index in [9.17, 15) is 8.42 Å². The molecule has 0 amide bonds. The van der Waals surface area contributed by atoms with E-state index in [2.05, 4.69) is 0 Å². The lowest BCUT2D eigenvalue weighted by atomic mass is 10.3. The van der Waals surface area contributed by atoms with E-state index in [0.717, 1.165) is 6.42 Å². The van der Waals surface area contributed by atoms with E-state index in [-0.39, 0.29) is 6.04 Å². The standard InChI is InChI=1S/C9H19N3O2S/c1-11(6-8-2-3-8)15(13,14)12-5-4-9(10)7-12/h8-9H,2-7,10H2,1H3. The van der Waals surface area contributed by atoms with Crippen molar-refractivity contribution in [3.05, 3.63) is 0 Å². The van der Waals surface area contributed by atoms with Crippen LogP contribution in [0.15, 0.2) is 0 Å². The molecule has 0 radical (unpaired) electrons. The Morgan fingerprint density at radius 2 is 2.07 bits per heavy atom. The van der Waals surface area contributed by atoms with Gasteiger partial charge in [0.15, 0.2) is 0 Å². The molecule has 0 aromatic carbocycles. The van der Waals surface area contributed by atoms with Crippen molar-refractivity contribution < 1.29 is 8.42 Å². The van der Waals surface area contributed by atoms with Crippen LogP contribution >= 0.6 is 0 Å². The second-order valence-electron chi connectivity index (χ2n) is 4.64. The summed E-state index contributed by atoms with van der Waals surface area (Å²) in [5.41, 5.74) is 5.71. The number of nitrogens with two attached hydrogens (primary N) is 1. The zero-order chi connectivity index (χ0) is 11.1. The zero-order valence-electron chi connectivity index (χ0n) is 9.09. The minimum Gasteiger partial charge on any atom is -0.326 e. The summed E-state index contributed by atoms with van der Waals surface area (Å²) in [5, 5.41) is 0. The molecule has 1 aliphatic heterocycles. The van der Waals surface area contributed by atoms with Crippen molar-refractivity contribution in [2.24, 2.45) is 11.7 Å². The van der Waals surface area contributed by atoms with E-state index >= 15 is 0 Å². The average Bonchev–Trinajstić information content (AvgIpc) is 2.86. The lowest BCUT2D eigenvalue weighted by molar-refractivity contribution is 0.384. The summed E-state index contributed by atoms with van der Waals surface area (Å²) in [4.78, 5) is 0. The predicted octanol–water partition coefficient (Wildman–Crippen LogP) is -0.394. The zero-order valence-corrected chi connectivity index (χ0v) is 9.91. The van der Waals surface area contributed by atoms with Crippen LogP contribution in [0.2, 0.25) is 0 Å². The van der Waals surface area contributed by atoms with Gasteiger partial charge in [-0.05, 0) is 25.2 Å². The van der Waals surface area contributed by atoms with Crippen LogP contribution in [0.1, 0.15) is 19.3 Å². The quantitative estimate of drug-likeness (QED) is 0.719. The molecular formula is C9H19N3O2S. The molecule has 1 heterocycles. The molecule has 1 unspecified atom stereocenters. The van der Waals surface area contributed by atoms with Crippen LogP contribution in [0.5, 0.6) is 0 Å². The number of hydrogen-bond donors (Lipinski definition) is 1. The van der Waals surface area contributed by atoms with Crippen molar-refractivity contribution in [1.29, 1.82) is 0 Å². The van der Waals surface area contributed by atoms with E-state index in [1.54, 1.807) is 7.05 Å². The highest BCUT2D eigenvalue weighted by Crippen LogP contribution is 2.30. The van der Waals surface area contributed by atoms with Crippen molar-refractivity contribution in [3.63, 3.8) is 0 Å². The van der Waals surface area contributed by atoms with E-state index in [0.29, 0.717) is 25.6 Å².